The Bertz CT molecular complexity index is 532. The van der Waals surface area contributed by atoms with Crippen LogP contribution in [0.4, 0.5) is 0 Å². The summed E-state index contributed by atoms with van der Waals surface area (Å²) in [6.45, 7) is 4.30. The third-order valence-corrected chi connectivity index (χ3v) is 6.64. The van der Waals surface area contributed by atoms with Gasteiger partial charge in [0, 0.05) is 19.3 Å². The van der Waals surface area contributed by atoms with Crippen LogP contribution in [-0.4, -0.2) is 33.2 Å². The Morgan fingerprint density at radius 1 is 0.731 bits per heavy atom. The molecule has 2 bridgehead atoms. The minimum Gasteiger partial charge on any atom is -0.481 e. The second kappa shape index (κ2) is 7.57. The summed E-state index contributed by atoms with van der Waals surface area (Å²) in [6.07, 6.45) is 6.86. The van der Waals surface area contributed by atoms with Crippen LogP contribution in [-0.2, 0) is 14.4 Å². The van der Waals surface area contributed by atoms with Crippen molar-refractivity contribution < 1.29 is 29.7 Å². The second-order valence-corrected chi connectivity index (χ2v) is 9.63. The van der Waals surface area contributed by atoms with Gasteiger partial charge in [-0.05, 0) is 73.5 Å². The minimum atomic E-state index is -0.799. The molecule has 0 saturated heterocycles. The van der Waals surface area contributed by atoms with Gasteiger partial charge in [-0.3, -0.25) is 14.4 Å². The zero-order chi connectivity index (χ0) is 19.6. The van der Waals surface area contributed by atoms with E-state index in [1.54, 1.807) is 0 Å². The molecule has 0 heterocycles. The van der Waals surface area contributed by atoms with Crippen molar-refractivity contribution in [1.82, 2.24) is 0 Å². The number of carboxylic acids is 3. The summed E-state index contributed by atoms with van der Waals surface area (Å²) in [7, 11) is 0. The van der Waals surface area contributed by atoms with Gasteiger partial charge in [0.25, 0.3) is 0 Å². The van der Waals surface area contributed by atoms with E-state index in [1.165, 1.54) is 0 Å². The molecule has 2 rings (SSSR count). The topological polar surface area (TPSA) is 112 Å². The average Bonchev–Trinajstić information content (AvgIpc) is 2.48. The van der Waals surface area contributed by atoms with Gasteiger partial charge in [0.05, 0.1) is 0 Å². The van der Waals surface area contributed by atoms with Crippen molar-refractivity contribution in [2.24, 2.45) is 22.2 Å². The first-order valence-corrected chi connectivity index (χ1v) is 9.60. The van der Waals surface area contributed by atoms with Gasteiger partial charge in [0.15, 0.2) is 0 Å². The molecule has 0 aromatic carbocycles. The molecule has 0 aliphatic heterocycles. The molecule has 6 heteroatoms. The van der Waals surface area contributed by atoms with E-state index >= 15 is 0 Å². The number of carbonyl (C=O) groups is 3. The minimum absolute atomic E-state index is 0.0755. The standard InChI is InChI=1S/C20H32O6/c1-18(6-3-15(21)22)9-14-10-19(2,7-4-16(23)24)13-20(11-14,12-18)8-5-17(25)26/h14H,3-13H2,1-2H3,(H,21,22)(H,23,24)(H,25,26). The van der Waals surface area contributed by atoms with Crippen LogP contribution in [0.3, 0.4) is 0 Å². The van der Waals surface area contributed by atoms with Crippen LogP contribution in [0.25, 0.3) is 0 Å². The Kier molecular flexibility index (Phi) is 6.03. The number of fused-ring (bicyclic) bond motifs is 2. The fourth-order valence-corrected chi connectivity index (χ4v) is 6.23. The summed E-state index contributed by atoms with van der Waals surface area (Å²) in [5, 5.41) is 27.3. The molecular weight excluding hydrogens is 336 g/mol. The molecule has 26 heavy (non-hydrogen) atoms. The molecule has 6 nitrogen and oxygen atoms in total. The summed E-state index contributed by atoms with van der Waals surface area (Å²) in [5.74, 6) is -1.95. The Balaban J connectivity index is 2.21. The van der Waals surface area contributed by atoms with Crippen LogP contribution in [0.2, 0.25) is 0 Å². The predicted molar refractivity (Wildman–Crippen MR) is 95.8 cm³/mol. The van der Waals surface area contributed by atoms with E-state index in [0.717, 1.165) is 32.1 Å². The summed E-state index contributed by atoms with van der Waals surface area (Å²) in [4.78, 5) is 33.3. The highest BCUT2D eigenvalue weighted by Gasteiger charge is 2.53. The van der Waals surface area contributed by atoms with E-state index in [2.05, 4.69) is 13.8 Å². The third-order valence-electron chi connectivity index (χ3n) is 6.64. The van der Waals surface area contributed by atoms with Gasteiger partial charge in [0.2, 0.25) is 0 Å². The summed E-state index contributed by atoms with van der Waals surface area (Å²) >= 11 is 0. The molecule has 0 radical (unpaired) electrons. The fourth-order valence-electron chi connectivity index (χ4n) is 6.23. The van der Waals surface area contributed by atoms with E-state index in [9.17, 15) is 19.5 Å². The molecule has 2 fully saturated rings. The Morgan fingerprint density at radius 3 is 1.50 bits per heavy atom. The van der Waals surface area contributed by atoms with Crippen LogP contribution in [0.15, 0.2) is 0 Å². The molecule has 2 aliphatic carbocycles. The van der Waals surface area contributed by atoms with Crippen LogP contribution < -0.4 is 0 Å². The predicted octanol–water partition coefficient (Wildman–Crippen LogP) is 4.17. The normalized spacial score (nSPS) is 36.5. The van der Waals surface area contributed by atoms with E-state index in [4.69, 9.17) is 10.2 Å². The summed E-state index contributed by atoms with van der Waals surface area (Å²) in [5.41, 5.74) is -0.262. The van der Waals surface area contributed by atoms with Gasteiger partial charge in [-0.15, -0.1) is 0 Å². The van der Waals surface area contributed by atoms with Crippen LogP contribution in [0.1, 0.15) is 84.5 Å². The smallest absolute Gasteiger partial charge is 0.303 e. The summed E-state index contributed by atoms with van der Waals surface area (Å²) < 4.78 is 0. The molecule has 0 spiro atoms. The lowest BCUT2D eigenvalue weighted by Crippen LogP contribution is -2.48. The molecule has 148 valence electrons. The van der Waals surface area contributed by atoms with Crippen molar-refractivity contribution in [2.45, 2.75) is 84.5 Å². The first kappa shape index (κ1) is 20.7. The van der Waals surface area contributed by atoms with Crippen molar-refractivity contribution in [1.29, 1.82) is 0 Å². The molecule has 2 atom stereocenters. The molecular formula is C20H32O6. The van der Waals surface area contributed by atoms with Gasteiger partial charge < -0.3 is 15.3 Å². The zero-order valence-corrected chi connectivity index (χ0v) is 15.9. The van der Waals surface area contributed by atoms with Gasteiger partial charge >= 0.3 is 17.9 Å². The molecule has 3 N–H and O–H groups in total. The van der Waals surface area contributed by atoms with Crippen LogP contribution >= 0.6 is 0 Å². The maximum atomic E-state index is 11.2. The molecule has 2 aliphatic rings. The maximum Gasteiger partial charge on any atom is 0.303 e. The average molecular weight is 368 g/mol. The molecule has 2 saturated carbocycles. The molecule has 0 aromatic rings. The van der Waals surface area contributed by atoms with Gasteiger partial charge in [-0.2, -0.15) is 0 Å². The van der Waals surface area contributed by atoms with Crippen molar-refractivity contribution in [3.63, 3.8) is 0 Å². The summed E-state index contributed by atoms with van der Waals surface area (Å²) in [6, 6.07) is 0. The highest BCUT2D eigenvalue weighted by Crippen LogP contribution is 2.63. The first-order chi connectivity index (χ1) is 11.9. The molecule has 2 unspecified atom stereocenters. The quantitative estimate of drug-likeness (QED) is 0.563. The fraction of sp³-hybridized carbons (Fsp3) is 0.850. The largest absolute Gasteiger partial charge is 0.481 e. The highest BCUT2D eigenvalue weighted by molar-refractivity contribution is 5.67. The maximum absolute atomic E-state index is 11.2. The number of aliphatic carboxylic acids is 3. The van der Waals surface area contributed by atoms with Gasteiger partial charge in [-0.25, -0.2) is 0 Å². The van der Waals surface area contributed by atoms with E-state index < -0.39 is 17.9 Å². The Morgan fingerprint density at radius 2 is 1.12 bits per heavy atom. The molecule has 0 aromatic heterocycles. The van der Waals surface area contributed by atoms with E-state index in [1.807, 2.05) is 0 Å². The van der Waals surface area contributed by atoms with Crippen LogP contribution in [0.5, 0.6) is 0 Å². The van der Waals surface area contributed by atoms with Crippen LogP contribution in [0, 0.1) is 22.2 Å². The monoisotopic (exact) mass is 368 g/mol. The van der Waals surface area contributed by atoms with Crippen molar-refractivity contribution in [2.75, 3.05) is 0 Å². The lowest BCUT2D eigenvalue weighted by Gasteiger charge is -2.58. The first-order valence-electron chi connectivity index (χ1n) is 9.60. The number of rotatable bonds is 9. The Hall–Kier alpha value is -1.59. The number of carboxylic acid groups (broad SMARTS) is 3. The lowest BCUT2D eigenvalue weighted by atomic mass is 9.47. The van der Waals surface area contributed by atoms with E-state index in [-0.39, 0.29) is 35.5 Å². The number of hydrogen-bond acceptors (Lipinski definition) is 3. The van der Waals surface area contributed by atoms with Crippen molar-refractivity contribution in [3.8, 4) is 0 Å². The lowest BCUT2D eigenvalue weighted by molar-refractivity contribution is -0.140. The Labute approximate surface area is 155 Å². The molecule has 0 amide bonds. The van der Waals surface area contributed by atoms with E-state index in [0.29, 0.717) is 25.2 Å². The highest BCUT2D eigenvalue weighted by atomic mass is 16.4. The number of hydrogen-bond donors (Lipinski definition) is 3. The zero-order valence-electron chi connectivity index (χ0n) is 15.9. The van der Waals surface area contributed by atoms with Crippen molar-refractivity contribution >= 4 is 17.9 Å². The van der Waals surface area contributed by atoms with Gasteiger partial charge in [0.1, 0.15) is 0 Å². The van der Waals surface area contributed by atoms with Gasteiger partial charge in [-0.1, -0.05) is 13.8 Å². The van der Waals surface area contributed by atoms with Crippen molar-refractivity contribution in [3.05, 3.63) is 0 Å². The SMILES string of the molecule is CC1(CCC(=O)O)CC2CC(C)(CCC(=O)O)CC(CCC(=O)O)(C2)C1. The third kappa shape index (κ3) is 5.45. The second-order valence-electron chi connectivity index (χ2n) is 9.63.